The largest absolute Gasteiger partial charge is 0.310 e. The highest BCUT2D eigenvalue weighted by molar-refractivity contribution is 7.91. The van der Waals surface area contributed by atoms with Gasteiger partial charge in [-0.2, -0.15) is 5.10 Å². The van der Waals surface area contributed by atoms with E-state index < -0.39 is 9.84 Å². The number of piperidine rings is 1. The van der Waals surface area contributed by atoms with Gasteiger partial charge in [0.15, 0.2) is 9.84 Å². The topological polar surface area (TPSA) is 87.5 Å². The number of carbonyl (C=O) groups is 1. The highest BCUT2D eigenvalue weighted by atomic mass is 32.2. The van der Waals surface area contributed by atoms with Crippen molar-refractivity contribution in [2.75, 3.05) is 43.0 Å². The Bertz CT molecular complexity index is 840. The summed E-state index contributed by atoms with van der Waals surface area (Å²) in [4.78, 5) is 17.8. The number of hydrogen-bond acceptors (Lipinski definition) is 6. The summed E-state index contributed by atoms with van der Waals surface area (Å²) >= 11 is 0. The van der Waals surface area contributed by atoms with Crippen LogP contribution in [0.4, 0.5) is 5.82 Å². The summed E-state index contributed by atoms with van der Waals surface area (Å²) in [5.41, 5.74) is 0.788. The molecule has 0 unspecified atom stereocenters. The molecule has 1 aliphatic carbocycles. The molecule has 3 fully saturated rings. The fraction of sp³-hybridized carbons (Fsp3) is 0.800. The first-order valence-electron chi connectivity index (χ1n) is 10.9. The lowest BCUT2D eigenvalue weighted by Crippen LogP contribution is -2.48. The van der Waals surface area contributed by atoms with Crippen LogP contribution in [0, 0.1) is 6.92 Å². The Labute approximate surface area is 173 Å². The number of sulfone groups is 1. The lowest BCUT2D eigenvalue weighted by atomic mass is 10.0. The normalized spacial score (nSPS) is 25.6. The third-order valence-corrected chi connectivity index (χ3v) is 8.25. The van der Waals surface area contributed by atoms with Crippen molar-refractivity contribution in [1.82, 2.24) is 19.6 Å². The molecule has 9 heteroatoms. The molecule has 3 aliphatic rings. The number of anilines is 1. The van der Waals surface area contributed by atoms with Gasteiger partial charge >= 0.3 is 0 Å². The van der Waals surface area contributed by atoms with E-state index in [9.17, 15) is 13.2 Å². The van der Waals surface area contributed by atoms with Crippen molar-refractivity contribution in [3.05, 3.63) is 11.8 Å². The molecule has 0 spiro atoms. The van der Waals surface area contributed by atoms with E-state index in [1.807, 2.05) is 13.0 Å². The number of aryl methyl sites for hydroxylation is 1. The predicted octanol–water partition coefficient (Wildman–Crippen LogP) is 1.44. The zero-order chi connectivity index (χ0) is 20.6. The van der Waals surface area contributed by atoms with E-state index in [4.69, 9.17) is 0 Å². The van der Waals surface area contributed by atoms with Gasteiger partial charge in [-0.25, -0.2) is 13.1 Å². The van der Waals surface area contributed by atoms with Crippen molar-refractivity contribution in [2.45, 2.75) is 64.1 Å². The minimum atomic E-state index is -3.01. The van der Waals surface area contributed by atoms with Crippen molar-refractivity contribution in [3.8, 4) is 0 Å². The Kier molecular flexibility index (Phi) is 5.99. The Morgan fingerprint density at radius 2 is 1.90 bits per heavy atom. The van der Waals surface area contributed by atoms with Gasteiger partial charge < -0.3 is 10.2 Å². The van der Waals surface area contributed by atoms with E-state index in [2.05, 4.69) is 27.1 Å². The fourth-order valence-corrected chi connectivity index (χ4v) is 6.43. The zero-order valence-electron chi connectivity index (χ0n) is 17.5. The van der Waals surface area contributed by atoms with Crippen LogP contribution in [0.15, 0.2) is 6.07 Å². The Balaban J connectivity index is 1.40. The van der Waals surface area contributed by atoms with Gasteiger partial charge in [-0.3, -0.25) is 9.69 Å². The van der Waals surface area contributed by atoms with Gasteiger partial charge in [0.05, 0.1) is 29.8 Å². The van der Waals surface area contributed by atoms with Crippen molar-refractivity contribution >= 4 is 21.6 Å². The van der Waals surface area contributed by atoms with Crippen LogP contribution in [-0.4, -0.2) is 83.7 Å². The molecule has 1 aromatic heterocycles. The number of nitrogens with zero attached hydrogens (tertiary/aromatic N) is 4. The van der Waals surface area contributed by atoms with Crippen LogP contribution < -0.4 is 5.32 Å². The summed E-state index contributed by atoms with van der Waals surface area (Å²) in [6, 6.07) is 2.65. The van der Waals surface area contributed by atoms with Gasteiger partial charge in [-0.05, 0) is 58.7 Å². The number of carbonyl (C=O) groups excluding carboxylic acids is 1. The first-order valence-corrected chi connectivity index (χ1v) is 12.7. The quantitative estimate of drug-likeness (QED) is 0.714. The van der Waals surface area contributed by atoms with Crippen LogP contribution in [0.25, 0.3) is 0 Å². The predicted molar refractivity (Wildman–Crippen MR) is 113 cm³/mol. The molecule has 0 aromatic carbocycles. The molecule has 1 atom stereocenters. The maximum absolute atomic E-state index is 12.9. The van der Waals surface area contributed by atoms with Crippen molar-refractivity contribution < 1.29 is 13.2 Å². The molecule has 1 N–H and O–H groups in total. The molecule has 162 valence electrons. The lowest BCUT2D eigenvalue weighted by molar-refractivity contribution is -0.118. The Hall–Kier alpha value is -1.45. The molecular formula is C20H33N5O3S. The monoisotopic (exact) mass is 423 g/mol. The molecule has 8 nitrogen and oxygen atoms in total. The van der Waals surface area contributed by atoms with Gasteiger partial charge in [-0.1, -0.05) is 6.92 Å². The molecule has 1 amide bonds. The van der Waals surface area contributed by atoms with Gasteiger partial charge in [0.2, 0.25) is 5.91 Å². The van der Waals surface area contributed by atoms with Crippen LogP contribution in [0.5, 0.6) is 0 Å². The summed E-state index contributed by atoms with van der Waals surface area (Å²) in [6.07, 6.45) is 5.15. The second-order valence-electron chi connectivity index (χ2n) is 8.79. The number of nitrogens with one attached hydrogen (secondary N) is 1. The van der Waals surface area contributed by atoms with E-state index in [1.54, 1.807) is 4.68 Å². The van der Waals surface area contributed by atoms with E-state index in [-0.39, 0.29) is 23.5 Å². The number of rotatable bonds is 7. The average Bonchev–Trinajstić information content (AvgIpc) is 3.37. The van der Waals surface area contributed by atoms with Crippen LogP contribution in [0.2, 0.25) is 0 Å². The van der Waals surface area contributed by atoms with E-state index >= 15 is 0 Å². The molecular weight excluding hydrogens is 390 g/mol. The standard InChI is InChI=1S/C20H33N5O3S/c1-3-23-9-6-17(7-10-23)24(16-4-5-16)13-20(26)21-19-12-15(2)22-25(19)18-8-11-29(27,28)14-18/h12,16-18H,3-11,13-14H2,1-2H3,(H,21,26)/t18-/m0/s1. The summed E-state index contributed by atoms with van der Waals surface area (Å²) in [7, 11) is -3.01. The molecule has 3 heterocycles. The number of hydrogen-bond donors (Lipinski definition) is 1. The lowest BCUT2D eigenvalue weighted by Gasteiger charge is -2.38. The average molecular weight is 424 g/mol. The smallest absolute Gasteiger partial charge is 0.239 e. The van der Waals surface area contributed by atoms with E-state index in [0.29, 0.717) is 30.9 Å². The molecule has 1 saturated carbocycles. The van der Waals surface area contributed by atoms with Gasteiger partial charge in [0, 0.05) is 18.2 Å². The summed E-state index contributed by atoms with van der Waals surface area (Å²) < 4.78 is 25.4. The third kappa shape index (κ3) is 5.00. The van der Waals surface area contributed by atoms with Gasteiger partial charge in [0.1, 0.15) is 5.82 Å². The minimum Gasteiger partial charge on any atom is -0.310 e. The molecule has 2 saturated heterocycles. The minimum absolute atomic E-state index is 0.0307. The second-order valence-corrected chi connectivity index (χ2v) is 11.0. The van der Waals surface area contributed by atoms with E-state index in [1.165, 1.54) is 12.8 Å². The van der Waals surface area contributed by atoms with Crippen molar-refractivity contribution in [2.24, 2.45) is 0 Å². The van der Waals surface area contributed by atoms with Crippen LogP contribution in [0.3, 0.4) is 0 Å². The first-order chi connectivity index (χ1) is 13.8. The van der Waals surface area contributed by atoms with Crippen LogP contribution >= 0.6 is 0 Å². The van der Waals surface area contributed by atoms with E-state index in [0.717, 1.165) is 38.2 Å². The third-order valence-electron chi connectivity index (χ3n) is 6.50. The fourth-order valence-electron chi connectivity index (χ4n) is 4.73. The highest BCUT2D eigenvalue weighted by Gasteiger charge is 2.37. The highest BCUT2D eigenvalue weighted by Crippen LogP contribution is 2.32. The summed E-state index contributed by atoms with van der Waals surface area (Å²) in [5, 5.41) is 7.49. The van der Waals surface area contributed by atoms with Crippen molar-refractivity contribution in [1.29, 1.82) is 0 Å². The maximum Gasteiger partial charge on any atom is 0.239 e. The molecule has 0 bridgehead atoms. The number of likely N-dealkylation sites (tertiary alicyclic amines) is 1. The van der Waals surface area contributed by atoms with Crippen LogP contribution in [-0.2, 0) is 14.6 Å². The zero-order valence-corrected chi connectivity index (χ0v) is 18.3. The summed E-state index contributed by atoms with van der Waals surface area (Å²) in [6.45, 7) is 7.77. The van der Waals surface area contributed by atoms with Crippen molar-refractivity contribution in [3.63, 3.8) is 0 Å². The SMILES string of the molecule is CCN1CCC(N(CC(=O)Nc2cc(C)nn2[C@H]2CCS(=O)(=O)C2)C2CC2)CC1. The second kappa shape index (κ2) is 8.35. The Morgan fingerprint density at radius 3 is 2.48 bits per heavy atom. The molecule has 2 aliphatic heterocycles. The molecule has 4 rings (SSSR count). The maximum atomic E-state index is 12.9. The first kappa shape index (κ1) is 20.8. The molecule has 29 heavy (non-hydrogen) atoms. The van der Waals surface area contributed by atoms with Crippen LogP contribution in [0.1, 0.15) is 50.8 Å². The molecule has 0 radical (unpaired) electrons. The van der Waals surface area contributed by atoms with Gasteiger partial charge in [-0.15, -0.1) is 0 Å². The summed E-state index contributed by atoms with van der Waals surface area (Å²) in [5.74, 6) is 0.875. The van der Waals surface area contributed by atoms with Gasteiger partial charge in [0.25, 0.3) is 0 Å². The number of aromatic nitrogens is 2. The molecule has 1 aromatic rings. The Morgan fingerprint density at radius 1 is 1.21 bits per heavy atom. The number of amides is 1.